The summed E-state index contributed by atoms with van der Waals surface area (Å²) >= 11 is 1.51. The van der Waals surface area contributed by atoms with Crippen molar-refractivity contribution in [3.63, 3.8) is 0 Å². The Morgan fingerprint density at radius 2 is 2.19 bits per heavy atom. The highest BCUT2D eigenvalue weighted by Crippen LogP contribution is 2.17. The molecule has 3 nitrogen and oxygen atoms in total. The maximum atomic E-state index is 10.8. The number of amides is 1. The fraction of sp³-hybridized carbons (Fsp3) is 0.417. The lowest BCUT2D eigenvalue weighted by Crippen LogP contribution is -2.23. The van der Waals surface area contributed by atoms with Crippen molar-refractivity contribution in [2.24, 2.45) is 5.73 Å². The van der Waals surface area contributed by atoms with E-state index in [0.717, 1.165) is 17.1 Å². The fourth-order valence-electron chi connectivity index (χ4n) is 1.18. The number of carbonyl (C=O) groups excluding carboxylic acids is 1. The van der Waals surface area contributed by atoms with Crippen molar-refractivity contribution in [3.05, 3.63) is 29.8 Å². The van der Waals surface area contributed by atoms with Crippen LogP contribution in [0.15, 0.2) is 24.3 Å². The molecule has 1 aromatic rings. The first-order chi connectivity index (χ1) is 7.61. The Morgan fingerprint density at radius 1 is 1.50 bits per heavy atom. The van der Waals surface area contributed by atoms with Crippen LogP contribution < -0.4 is 10.5 Å². The van der Waals surface area contributed by atoms with Crippen LogP contribution in [-0.2, 0) is 4.79 Å². The topological polar surface area (TPSA) is 52.3 Å². The molecule has 0 heterocycles. The highest BCUT2D eigenvalue weighted by molar-refractivity contribution is 8.00. The van der Waals surface area contributed by atoms with Crippen molar-refractivity contribution >= 4 is 17.7 Å². The number of hydrogen-bond donors (Lipinski definition) is 1. The van der Waals surface area contributed by atoms with Crippen molar-refractivity contribution in [2.75, 3.05) is 12.4 Å². The van der Waals surface area contributed by atoms with Crippen LogP contribution in [0.3, 0.4) is 0 Å². The van der Waals surface area contributed by atoms with Crippen LogP contribution in [0.25, 0.3) is 0 Å². The van der Waals surface area contributed by atoms with Crippen LogP contribution in [0.1, 0.15) is 12.5 Å². The number of para-hydroxylation sites is 1. The Kier molecular flexibility index (Phi) is 5.19. The normalized spacial score (nSPS) is 12.1. The van der Waals surface area contributed by atoms with Gasteiger partial charge in [-0.2, -0.15) is 0 Å². The minimum atomic E-state index is -0.277. The molecule has 16 heavy (non-hydrogen) atoms. The summed E-state index contributed by atoms with van der Waals surface area (Å²) in [7, 11) is 0. The highest BCUT2D eigenvalue weighted by atomic mass is 32.2. The van der Waals surface area contributed by atoms with Crippen LogP contribution in [0, 0.1) is 6.92 Å². The van der Waals surface area contributed by atoms with Gasteiger partial charge in [-0.25, -0.2) is 0 Å². The minimum absolute atomic E-state index is 0.152. The van der Waals surface area contributed by atoms with Crippen LogP contribution >= 0.6 is 11.8 Å². The minimum Gasteiger partial charge on any atom is -0.492 e. The molecule has 1 rings (SSSR count). The number of rotatable bonds is 6. The molecule has 0 aromatic heterocycles. The van der Waals surface area contributed by atoms with Crippen molar-refractivity contribution in [1.82, 2.24) is 0 Å². The molecule has 0 fully saturated rings. The van der Waals surface area contributed by atoms with E-state index in [0.29, 0.717) is 6.61 Å². The van der Waals surface area contributed by atoms with Crippen molar-refractivity contribution in [2.45, 2.75) is 19.1 Å². The zero-order valence-corrected chi connectivity index (χ0v) is 10.4. The van der Waals surface area contributed by atoms with Gasteiger partial charge in [0.25, 0.3) is 0 Å². The molecule has 0 saturated heterocycles. The van der Waals surface area contributed by atoms with Gasteiger partial charge in [0.15, 0.2) is 0 Å². The van der Waals surface area contributed by atoms with Crippen molar-refractivity contribution < 1.29 is 9.53 Å². The fourth-order valence-corrected chi connectivity index (χ4v) is 1.87. The van der Waals surface area contributed by atoms with Gasteiger partial charge < -0.3 is 10.5 Å². The average molecular weight is 239 g/mol. The van der Waals surface area contributed by atoms with Gasteiger partial charge in [0.2, 0.25) is 5.91 Å². The summed E-state index contributed by atoms with van der Waals surface area (Å²) in [4.78, 5) is 10.8. The molecule has 0 saturated carbocycles. The van der Waals surface area contributed by atoms with Gasteiger partial charge >= 0.3 is 0 Å². The van der Waals surface area contributed by atoms with Crippen molar-refractivity contribution in [1.29, 1.82) is 0 Å². The lowest BCUT2D eigenvalue weighted by atomic mass is 10.2. The molecule has 2 N–H and O–H groups in total. The molecule has 1 aromatic carbocycles. The number of nitrogens with two attached hydrogens (primary N) is 1. The van der Waals surface area contributed by atoms with Gasteiger partial charge in [0.05, 0.1) is 11.9 Å². The summed E-state index contributed by atoms with van der Waals surface area (Å²) in [5.41, 5.74) is 6.27. The summed E-state index contributed by atoms with van der Waals surface area (Å²) < 4.78 is 5.59. The van der Waals surface area contributed by atoms with Gasteiger partial charge in [-0.15, -0.1) is 11.8 Å². The molecule has 0 aliphatic heterocycles. The number of ether oxygens (including phenoxy) is 1. The van der Waals surface area contributed by atoms with Crippen LogP contribution in [0.5, 0.6) is 5.75 Å². The Morgan fingerprint density at radius 3 is 2.81 bits per heavy atom. The number of aryl methyl sites for hydroxylation is 1. The van der Waals surface area contributed by atoms with E-state index in [9.17, 15) is 4.79 Å². The summed E-state index contributed by atoms with van der Waals surface area (Å²) in [6.07, 6.45) is 0. The van der Waals surface area contributed by atoms with Gasteiger partial charge in [-0.05, 0) is 25.5 Å². The monoisotopic (exact) mass is 239 g/mol. The molecular weight excluding hydrogens is 222 g/mol. The molecule has 88 valence electrons. The molecular formula is C12H17NO2S. The third-order valence-electron chi connectivity index (χ3n) is 2.20. The van der Waals surface area contributed by atoms with Gasteiger partial charge in [-0.1, -0.05) is 18.2 Å². The summed E-state index contributed by atoms with van der Waals surface area (Å²) in [5.74, 6) is 1.38. The lowest BCUT2D eigenvalue weighted by Gasteiger charge is -2.10. The predicted molar refractivity (Wildman–Crippen MR) is 67.8 cm³/mol. The Labute approximate surface area is 100 Å². The molecule has 1 unspecified atom stereocenters. The maximum absolute atomic E-state index is 10.8. The second-order valence-electron chi connectivity index (χ2n) is 3.53. The molecule has 0 spiro atoms. The predicted octanol–water partition coefficient (Wildman–Crippen LogP) is 1.98. The summed E-state index contributed by atoms with van der Waals surface area (Å²) in [5, 5.41) is -0.152. The first kappa shape index (κ1) is 12.9. The summed E-state index contributed by atoms with van der Waals surface area (Å²) in [6, 6.07) is 7.87. The lowest BCUT2D eigenvalue weighted by molar-refractivity contribution is -0.117. The number of thioether (sulfide) groups is 1. The van der Waals surface area contributed by atoms with E-state index in [4.69, 9.17) is 10.5 Å². The quantitative estimate of drug-likeness (QED) is 0.772. The van der Waals surface area contributed by atoms with E-state index in [1.54, 1.807) is 6.92 Å². The van der Waals surface area contributed by atoms with E-state index >= 15 is 0 Å². The molecule has 0 bridgehead atoms. The van der Waals surface area contributed by atoms with Crippen LogP contribution in [0.4, 0.5) is 0 Å². The number of carbonyl (C=O) groups is 1. The molecule has 4 heteroatoms. The van der Waals surface area contributed by atoms with E-state index in [1.165, 1.54) is 11.8 Å². The van der Waals surface area contributed by atoms with Gasteiger partial charge in [0, 0.05) is 5.75 Å². The van der Waals surface area contributed by atoms with E-state index < -0.39 is 0 Å². The Hall–Kier alpha value is -1.16. The highest BCUT2D eigenvalue weighted by Gasteiger charge is 2.08. The molecule has 1 amide bonds. The van der Waals surface area contributed by atoms with E-state index in [1.807, 2.05) is 31.2 Å². The van der Waals surface area contributed by atoms with Crippen LogP contribution in [0.2, 0.25) is 0 Å². The largest absolute Gasteiger partial charge is 0.492 e. The molecule has 0 aliphatic carbocycles. The number of hydrogen-bond acceptors (Lipinski definition) is 3. The van der Waals surface area contributed by atoms with Crippen molar-refractivity contribution in [3.8, 4) is 5.75 Å². The number of primary amides is 1. The third-order valence-corrected chi connectivity index (χ3v) is 3.34. The zero-order chi connectivity index (χ0) is 12.0. The zero-order valence-electron chi connectivity index (χ0n) is 9.60. The first-order valence-corrected chi connectivity index (χ1v) is 6.25. The number of benzene rings is 1. The standard InChI is InChI=1S/C12H17NO2S/c1-9-5-3-4-6-11(9)15-7-8-16-10(2)12(13)14/h3-6,10H,7-8H2,1-2H3,(H2,13,14). The molecule has 1 atom stereocenters. The second-order valence-corrected chi connectivity index (χ2v) is 4.98. The van der Waals surface area contributed by atoms with E-state index in [2.05, 4.69) is 0 Å². The SMILES string of the molecule is Cc1ccccc1OCCSC(C)C(N)=O. The Balaban J connectivity index is 2.26. The second kappa shape index (κ2) is 6.43. The third kappa shape index (κ3) is 4.14. The van der Waals surface area contributed by atoms with Crippen LogP contribution in [-0.4, -0.2) is 23.5 Å². The van der Waals surface area contributed by atoms with Gasteiger partial charge in [-0.3, -0.25) is 4.79 Å². The average Bonchev–Trinajstić information content (AvgIpc) is 2.26. The van der Waals surface area contributed by atoms with E-state index in [-0.39, 0.29) is 11.2 Å². The summed E-state index contributed by atoms with van der Waals surface area (Å²) in [6.45, 7) is 4.41. The molecule has 0 radical (unpaired) electrons. The smallest absolute Gasteiger partial charge is 0.230 e. The molecule has 0 aliphatic rings. The van der Waals surface area contributed by atoms with Gasteiger partial charge in [0.1, 0.15) is 5.75 Å². The first-order valence-electron chi connectivity index (χ1n) is 5.20. The Bertz CT molecular complexity index is 355. The maximum Gasteiger partial charge on any atom is 0.230 e.